The van der Waals surface area contributed by atoms with Crippen LogP contribution < -0.4 is 10.9 Å². The standard InChI is InChI=1S/C23H23N5O3/c1-15-19(22(30)26-18-6-4-3-5-7-18)12-24-21(25-15)16-10-11-28(14-16)23(31)17-8-9-20(29)27(2)13-17/h3-9,12-13,16H,10-11,14H2,1-2H3,(H,26,30)/t16-/m0/s1. The monoisotopic (exact) mass is 417 g/mol. The fourth-order valence-electron chi connectivity index (χ4n) is 3.68. The minimum Gasteiger partial charge on any atom is -0.338 e. The Morgan fingerprint density at radius 1 is 1.13 bits per heavy atom. The number of amides is 2. The molecule has 0 aliphatic carbocycles. The van der Waals surface area contributed by atoms with E-state index in [-0.39, 0.29) is 23.3 Å². The van der Waals surface area contributed by atoms with Crippen LogP contribution in [-0.4, -0.2) is 44.3 Å². The number of carbonyl (C=O) groups is 2. The molecule has 8 heteroatoms. The van der Waals surface area contributed by atoms with Gasteiger partial charge in [-0.2, -0.15) is 0 Å². The van der Waals surface area contributed by atoms with E-state index in [0.29, 0.717) is 41.4 Å². The van der Waals surface area contributed by atoms with Crippen LogP contribution in [0.25, 0.3) is 0 Å². The maximum atomic E-state index is 12.8. The number of anilines is 1. The average Bonchev–Trinajstić information content (AvgIpc) is 3.26. The molecule has 31 heavy (non-hydrogen) atoms. The van der Waals surface area contributed by atoms with E-state index in [9.17, 15) is 14.4 Å². The molecule has 1 aromatic carbocycles. The highest BCUT2D eigenvalue weighted by Crippen LogP contribution is 2.26. The average molecular weight is 417 g/mol. The maximum absolute atomic E-state index is 12.8. The van der Waals surface area contributed by atoms with Crippen molar-refractivity contribution in [1.29, 1.82) is 0 Å². The second kappa shape index (κ2) is 8.51. The molecule has 3 heterocycles. The second-order valence-corrected chi connectivity index (χ2v) is 7.65. The third-order valence-corrected chi connectivity index (χ3v) is 5.45. The first kappa shape index (κ1) is 20.5. The van der Waals surface area contributed by atoms with Crippen molar-refractivity contribution in [3.05, 3.63) is 87.9 Å². The molecule has 4 rings (SSSR count). The van der Waals surface area contributed by atoms with Crippen LogP contribution in [0.2, 0.25) is 0 Å². The minimum atomic E-state index is -0.256. The van der Waals surface area contributed by atoms with Crippen molar-refractivity contribution in [2.45, 2.75) is 19.3 Å². The Morgan fingerprint density at radius 2 is 1.90 bits per heavy atom. The number of nitrogens with one attached hydrogen (secondary N) is 1. The Morgan fingerprint density at radius 3 is 2.61 bits per heavy atom. The lowest BCUT2D eigenvalue weighted by Gasteiger charge is -2.17. The quantitative estimate of drug-likeness (QED) is 0.703. The largest absolute Gasteiger partial charge is 0.338 e. The van der Waals surface area contributed by atoms with Crippen molar-refractivity contribution < 1.29 is 9.59 Å². The molecule has 0 saturated carbocycles. The zero-order chi connectivity index (χ0) is 22.0. The maximum Gasteiger partial charge on any atom is 0.259 e. The van der Waals surface area contributed by atoms with Gasteiger partial charge in [0.2, 0.25) is 5.56 Å². The molecule has 3 aromatic rings. The minimum absolute atomic E-state index is 0.00131. The lowest BCUT2D eigenvalue weighted by Crippen LogP contribution is -2.30. The second-order valence-electron chi connectivity index (χ2n) is 7.65. The number of benzene rings is 1. The smallest absolute Gasteiger partial charge is 0.259 e. The van der Waals surface area contributed by atoms with E-state index < -0.39 is 0 Å². The van der Waals surface area contributed by atoms with Crippen LogP contribution in [0.1, 0.15) is 44.6 Å². The van der Waals surface area contributed by atoms with Gasteiger partial charge in [0.05, 0.1) is 16.8 Å². The van der Waals surface area contributed by atoms with E-state index >= 15 is 0 Å². The van der Waals surface area contributed by atoms with Crippen LogP contribution in [-0.2, 0) is 7.05 Å². The summed E-state index contributed by atoms with van der Waals surface area (Å²) in [5, 5.41) is 2.84. The van der Waals surface area contributed by atoms with Crippen molar-refractivity contribution in [3.63, 3.8) is 0 Å². The van der Waals surface area contributed by atoms with Gasteiger partial charge in [-0.25, -0.2) is 9.97 Å². The van der Waals surface area contributed by atoms with Crippen LogP contribution in [0.15, 0.2) is 59.7 Å². The number of carbonyl (C=O) groups excluding carboxylic acids is 2. The topological polar surface area (TPSA) is 97.2 Å². The molecule has 1 fully saturated rings. The Balaban J connectivity index is 1.45. The van der Waals surface area contributed by atoms with Gasteiger partial charge in [0, 0.05) is 50.2 Å². The molecule has 0 bridgehead atoms. The number of rotatable bonds is 4. The number of likely N-dealkylation sites (tertiary alicyclic amines) is 1. The number of hydrogen-bond donors (Lipinski definition) is 1. The summed E-state index contributed by atoms with van der Waals surface area (Å²) < 4.78 is 1.40. The molecule has 0 radical (unpaired) electrons. The molecular weight excluding hydrogens is 394 g/mol. The summed E-state index contributed by atoms with van der Waals surface area (Å²) in [5.41, 5.74) is 2.05. The number of aromatic nitrogens is 3. The number of para-hydroxylation sites is 1. The SMILES string of the molecule is Cc1nc([C@H]2CCN(C(=O)c3ccc(=O)n(C)c3)C2)ncc1C(=O)Nc1ccccc1. The zero-order valence-corrected chi connectivity index (χ0v) is 17.4. The van der Waals surface area contributed by atoms with E-state index in [4.69, 9.17) is 0 Å². The summed E-state index contributed by atoms with van der Waals surface area (Å²) in [6.45, 7) is 2.87. The van der Waals surface area contributed by atoms with Gasteiger partial charge in [-0.05, 0) is 31.5 Å². The molecule has 2 amide bonds. The number of hydrogen-bond acceptors (Lipinski definition) is 5. The highest BCUT2D eigenvalue weighted by atomic mass is 16.2. The van der Waals surface area contributed by atoms with Gasteiger partial charge < -0.3 is 14.8 Å². The van der Waals surface area contributed by atoms with Gasteiger partial charge in [0.1, 0.15) is 5.82 Å². The molecular formula is C23H23N5O3. The third kappa shape index (κ3) is 4.37. The molecule has 0 spiro atoms. The first-order valence-electron chi connectivity index (χ1n) is 10.1. The van der Waals surface area contributed by atoms with Crippen molar-refractivity contribution in [2.75, 3.05) is 18.4 Å². The Hall–Kier alpha value is -3.81. The molecule has 0 unspecified atom stereocenters. The van der Waals surface area contributed by atoms with Crippen LogP contribution in [0.4, 0.5) is 5.69 Å². The highest BCUT2D eigenvalue weighted by molar-refractivity contribution is 6.04. The summed E-state index contributed by atoms with van der Waals surface area (Å²) >= 11 is 0. The van der Waals surface area contributed by atoms with E-state index in [1.165, 1.54) is 10.6 Å². The van der Waals surface area contributed by atoms with Gasteiger partial charge in [0.15, 0.2) is 0 Å². The normalized spacial score (nSPS) is 15.7. The molecule has 158 valence electrons. The summed E-state index contributed by atoms with van der Waals surface area (Å²) in [5.74, 6) is 0.257. The van der Waals surface area contributed by atoms with E-state index in [0.717, 1.165) is 6.42 Å². The summed E-state index contributed by atoms with van der Waals surface area (Å²) in [7, 11) is 1.62. The van der Waals surface area contributed by atoms with Crippen molar-refractivity contribution >= 4 is 17.5 Å². The fourth-order valence-corrected chi connectivity index (χ4v) is 3.68. The predicted octanol–water partition coefficient (Wildman–Crippen LogP) is 2.37. The van der Waals surface area contributed by atoms with Crippen molar-refractivity contribution in [2.24, 2.45) is 7.05 Å². The van der Waals surface area contributed by atoms with Crippen molar-refractivity contribution in [1.82, 2.24) is 19.4 Å². The molecule has 8 nitrogen and oxygen atoms in total. The summed E-state index contributed by atoms with van der Waals surface area (Å²) in [6.07, 6.45) is 3.85. The number of nitrogens with zero attached hydrogens (tertiary/aromatic N) is 4. The lowest BCUT2D eigenvalue weighted by molar-refractivity contribution is 0.0789. The number of aryl methyl sites for hydroxylation is 2. The number of pyridine rings is 1. The highest BCUT2D eigenvalue weighted by Gasteiger charge is 2.30. The van der Waals surface area contributed by atoms with Crippen LogP contribution >= 0.6 is 0 Å². The molecule has 1 atom stereocenters. The molecule has 1 aliphatic rings. The Kier molecular flexibility index (Phi) is 5.62. The zero-order valence-electron chi connectivity index (χ0n) is 17.4. The fraction of sp³-hybridized carbons (Fsp3) is 0.261. The molecule has 2 aromatic heterocycles. The Labute approximate surface area is 179 Å². The van der Waals surface area contributed by atoms with Crippen LogP contribution in [0.3, 0.4) is 0 Å². The van der Waals surface area contributed by atoms with Crippen LogP contribution in [0.5, 0.6) is 0 Å². The third-order valence-electron chi connectivity index (χ3n) is 5.45. The van der Waals surface area contributed by atoms with Gasteiger partial charge in [0.25, 0.3) is 11.8 Å². The molecule has 1 N–H and O–H groups in total. The van der Waals surface area contributed by atoms with E-state index in [2.05, 4.69) is 15.3 Å². The summed E-state index contributed by atoms with van der Waals surface area (Å²) in [6, 6.07) is 12.2. The van der Waals surface area contributed by atoms with Crippen LogP contribution in [0, 0.1) is 6.92 Å². The van der Waals surface area contributed by atoms with E-state index in [1.54, 1.807) is 37.3 Å². The molecule has 1 aliphatic heterocycles. The van der Waals surface area contributed by atoms with Gasteiger partial charge >= 0.3 is 0 Å². The first-order chi connectivity index (χ1) is 14.9. The molecule has 1 saturated heterocycles. The predicted molar refractivity (Wildman–Crippen MR) is 116 cm³/mol. The lowest BCUT2D eigenvalue weighted by atomic mass is 10.1. The van der Waals surface area contributed by atoms with Gasteiger partial charge in [-0.3, -0.25) is 14.4 Å². The van der Waals surface area contributed by atoms with Gasteiger partial charge in [-0.1, -0.05) is 18.2 Å². The van der Waals surface area contributed by atoms with E-state index in [1.807, 2.05) is 30.3 Å². The first-order valence-corrected chi connectivity index (χ1v) is 10.1. The summed E-state index contributed by atoms with van der Waals surface area (Å²) in [4.78, 5) is 47.6. The Bertz CT molecular complexity index is 1190. The van der Waals surface area contributed by atoms with Crippen molar-refractivity contribution in [3.8, 4) is 0 Å². The van der Waals surface area contributed by atoms with Gasteiger partial charge in [-0.15, -0.1) is 0 Å².